The second kappa shape index (κ2) is 6.84. The molecule has 0 saturated heterocycles. The molecule has 0 amide bonds. The molecular formula is C34H39N. The van der Waals surface area contributed by atoms with Crippen molar-refractivity contribution in [2.24, 2.45) is 35.5 Å². The Bertz CT molecular complexity index is 1240. The van der Waals surface area contributed by atoms with Crippen LogP contribution in [0.3, 0.4) is 0 Å². The fourth-order valence-electron chi connectivity index (χ4n) is 11.7. The van der Waals surface area contributed by atoms with Gasteiger partial charge in [0.25, 0.3) is 0 Å². The van der Waals surface area contributed by atoms with Gasteiger partial charge >= 0.3 is 0 Å². The topological polar surface area (TPSA) is 4.93 Å². The van der Waals surface area contributed by atoms with Crippen LogP contribution in [0, 0.1) is 35.5 Å². The molecule has 8 bridgehead atoms. The van der Waals surface area contributed by atoms with E-state index in [1.807, 2.05) is 0 Å². The predicted octanol–water partition coefficient (Wildman–Crippen LogP) is 8.57. The van der Waals surface area contributed by atoms with Crippen molar-refractivity contribution < 1.29 is 0 Å². The standard InChI is InChI=1S/C34H39N/c1-2-4-29(5-3-1)35-21-31(34-18-25-11-26(19-34)13-27(12-25)20-34)30-14-28(6-7-32(30)35)33-15-22-8-23(16-33)10-24(9-22)17-33/h1-7,14,21-27H,8-13,15-20H2. The van der Waals surface area contributed by atoms with Crippen LogP contribution in [-0.4, -0.2) is 4.57 Å². The van der Waals surface area contributed by atoms with Crippen LogP contribution in [0.5, 0.6) is 0 Å². The first-order valence-corrected chi connectivity index (χ1v) is 14.9. The fraction of sp³-hybridized carbons (Fsp3) is 0.588. The molecule has 8 aliphatic carbocycles. The second-order valence-corrected chi connectivity index (χ2v) is 14.4. The van der Waals surface area contributed by atoms with Gasteiger partial charge in [-0.15, -0.1) is 0 Å². The summed E-state index contributed by atoms with van der Waals surface area (Å²) in [5.41, 5.74) is 7.14. The van der Waals surface area contributed by atoms with Crippen LogP contribution >= 0.6 is 0 Å². The van der Waals surface area contributed by atoms with Crippen molar-refractivity contribution in [3.05, 3.63) is 65.9 Å². The van der Waals surface area contributed by atoms with Gasteiger partial charge in [0.05, 0.1) is 5.52 Å². The lowest BCUT2D eigenvalue weighted by Gasteiger charge is -2.57. The highest BCUT2D eigenvalue weighted by molar-refractivity contribution is 5.88. The van der Waals surface area contributed by atoms with Gasteiger partial charge in [-0.2, -0.15) is 0 Å². The van der Waals surface area contributed by atoms with E-state index >= 15 is 0 Å². The van der Waals surface area contributed by atoms with E-state index in [1.165, 1.54) is 88.3 Å². The first-order chi connectivity index (χ1) is 17.1. The van der Waals surface area contributed by atoms with Crippen molar-refractivity contribution in [1.82, 2.24) is 4.57 Å². The largest absolute Gasteiger partial charge is 0.316 e. The number of rotatable bonds is 3. The molecule has 1 heteroatoms. The molecule has 0 radical (unpaired) electrons. The van der Waals surface area contributed by atoms with Gasteiger partial charge in [0.1, 0.15) is 0 Å². The summed E-state index contributed by atoms with van der Waals surface area (Å²) in [5, 5.41) is 1.61. The Balaban J connectivity index is 1.24. The zero-order valence-corrected chi connectivity index (χ0v) is 21.1. The smallest absolute Gasteiger partial charge is 0.0531 e. The minimum absolute atomic E-state index is 0.438. The van der Waals surface area contributed by atoms with E-state index in [0.29, 0.717) is 10.8 Å². The quantitative estimate of drug-likeness (QED) is 0.368. The Morgan fingerprint density at radius 2 is 1.09 bits per heavy atom. The van der Waals surface area contributed by atoms with E-state index in [9.17, 15) is 0 Å². The van der Waals surface area contributed by atoms with Gasteiger partial charge in [0.15, 0.2) is 0 Å². The van der Waals surface area contributed by atoms with Crippen LogP contribution < -0.4 is 0 Å². The summed E-state index contributed by atoms with van der Waals surface area (Å²) in [5.74, 6) is 5.99. The molecule has 3 aromatic rings. The van der Waals surface area contributed by atoms with Gasteiger partial charge in [0.2, 0.25) is 0 Å². The van der Waals surface area contributed by atoms with Crippen molar-refractivity contribution in [3.8, 4) is 5.69 Å². The highest BCUT2D eigenvalue weighted by Gasteiger charge is 2.54. The van der Waals surface area contributed by atoms with Crippen molar-refractivity contribution in [1.29, 1.82) is 0 Å². The van der Waals surface area contributed by atoms with E-state index in [0.717, 1.165) is 35.5 Å². The number of para-hydroxylation sites is 1. The third kappa shape index (κ3) is 2.82. The molecule has 1 aromatic heterocycles. The van der Waals surface area contributed by atoms with Gasteiger partial charge in [-0.1, -0.05) is 24.3 Å². The summed E-state index contributed by atoms with van der Waals surface area (Å²) in [6, 6.07) is 19.0. The third-order valence-corrected chi connectivity index (χ3v) is 12.1. The summed E-state index contributed by atoms with van der Waals surface area (Å²) < 4.78 is 2.55. The fourth-order valence-corrected chi connectivity index (χ4v) is 11.7. The molecule has 0 aliphatic heterocycles. The highest BCUT2D eigenvalue weighted by Crippen LogP contribution is 2.63. The number of hydrogen-bond acceptors (Lipinski definition) is 0. The number of benzene rings is 2. The molecule has 8 saturated carbocycles. The number of hydrogen-bond donors (Lipinski definition) is 0. The molecule has 0 atom stereocenters. The maximum absolute atomic E-state index is 2.75. The first kappa shape index (κ1) is 20.1. The van der Waals surface area contributed by atoms with E-state index in [4.69, 9.17) is 0 Å². The molecule has 180 valence electrons. The third-order valence-electron chi connectivity index (χ3n) is 12.1. The summed E-state index contributed by atoms with van der Waals surface area (Å²) in [7, 11) is 0. The molecule has 8 aliphatic rings. The van der Waals surface area contributed by atoms with Gasteiger partial charge in [0, 0.05) is 17.3 Å². The van der Waals surface area contributed by atoms with Crippen LogP contribution in [-0.2, 0) is 10.8 Å². The normalized spacial score (nSPS) is 42.9. The number of aromatic nitrogens is 1. The molecular weight excluding hydrogens is 422 g/mol. The molecule has 0 N–H and O–H groups in total. The van der Waals surface area contributed by atoms with Gasteiger partial charge in [-0.05, 0) is 159 Å². The molecule has 0 unspecified atom stereocenters. The molecule has 1 nitrogen and oxygen atoms in total. The highest BCUT2D eigenvalue weighted by atomic mass is 15.0. The van der Waals surface area contributed by atoms with E-state index < -0.39 is 0 Å². The summed E-state index contributed by atoms with van der Waals surface area (Å²) in [6.07, 6.45) is 20.5. The Labute approximate surface area is 210 Å². The lowest BCUT2D eigenvalue weighted by molar-refractivity contribution is -0.00563. The molecule has 11 rings (SSSR count). The Hall–Kier alpha value is -2.02. The number of fused-ring (bicyclic) bond motifs is 1. The van der Waals surface area contributed by atoms with E-state index in [2.05, 4.69) is 59.3 Å². The summed E-state index contributed by atoms with van der Waals surface area (Å²) in [4.78, 5) is 0. The van der Waals surface area contributed by atoms with Crippen molar-refractivity contribution in [2.75, 3.05) is 0 Å². The van der Waals surface area contributed by atoms with Gasteiger partial charge in [-0.3, -0.25) is 0 Å². The van der Waals surface area contributed by atoms with E-state index in [1.54, 1.807) is 16.5 Å². The molecule has 35 heavy (non-hydrogen) atoms. The van der Waals surface area contributed by atoms with Crippen LogP contribution in [0.1, 0.15) is 88.2 Å². The number of nitrogens with zero attached hydrogens (tertiary/aromatic N) is 1. The Morgan fingerprint density at radius 1 is 0.571 bits per heavy atom. The first-order valence-electron chi connectivity index (χ1n) is 14.9. The lowest BCUT2D eigenvalue weighted by Crippen LogP contribution is -2.49. The zero-order valence-electron chi connectivity index (χ0n) is 21.1. The van der Waals surface area contributed by atoms with E-state index in [-0.39, 0.29) is 0 Å². The summed E-state index contributed by atoms with van der Waals surface area (Å²) in [6.45, 7) is 0. The zero-order chi connectivity index (χ0) is 22.8. The van der Waals surface area contributed by atoms with Crippen molar-refractivity contribution in [2.45, 2.75) is 87.9 Å². The van der Waals surface area contributed by atoms with Gasteiger partial charge < -0.3 is 4.57 Å². The predicted molar refractivity (Wildman–Crippen MR) is 143 cm³/mol. The van der Waals surface area contributed by atoms with Crippen LogP contribution in [0.15, 0.2) is 54.7 Å². The minimum atomic E-state index is 0.438. The second-order valence-electron chi connectivity index (χ2n) is 14.4. The Kier molecular flexibility index (Phi) is 3.93. The van der Waals surface area contributed by atoms with Crippen molar-refractivity contribution in [3.63, 3.8) is 0 Å². The Morgan fingerprint density at radius 3 is 1.63 bits per heavy atom. The van der Waals surface area contributed by atoms with Crippen LogP contribution in [0.4, 0.5) is 0 Å². The molecule has 1 heterocycles. The molecule has 0 spiro atoms. The van der Waals surface area contributed by atoms with Crippen LogP contribution in [0.25, 0.3) is 16.6 Å². The summed E-state index contributed by atoms with van der Waals surface area (Å²) >= 11 is 0. The average Bonchev–Trinajstić information content (AvgIpc) is 3.23. The maximum Gasteiger partial charge on any atom is 0.0531 e. The van der Waals surface area contributed by atoms with Gasteiger partial charge in [-0.25, -0.2) is 0 Å². The monoisotopic (exact) mass is 461 g/mol. The molecule has 8 fully saturated rings. The maximum atomic E-state index is 2.75. The molecule has 2 aromatic carbocycles. The van der Waals surface area contributed by atoms with Crippen LogP contribution in [0.2, 0.25) is 0 Å². The minimum Gasteiger partial charge on any atom is -0.316 e. The lowest BCUT2D eigenvalue weighted by atomic mass is 9.47. The average molecular weight is 462 g/mol. The van der Waals surface area contributed by atoms with Crippen molar-refractivity contribution >= 4 is 10.9 Å². The SMILES string of the molecule is c1ccc(-n2cc(C34CC5CC(CC(C5)C3)C4)c3cc(C45CC6CC(CC(C6)C4)C5)ccc32)cc1.